The zero-order valence-electron chi connectivity index (χ0n) is 39.2. The molecular formula is C45H78N2O14. The Labute approximate surface area is 363 Å². The van der Waals surface area contributed by atoms with Gasteiger partial charge in [0.25, 0.3) is 0 Å². The fraction of sp³-hybridized carbons (Fsp3) is 0.844. The molecule has 0 aromatic heterocycles. The van der Waals surface area contributed by atoms with Gasteiger partial charge in [-0.3, -0.25) is 4.79 Å². The number of hydrogen-bond donors (Lipinski definition) is 5. The van der Waals surface area contributed by atoms with Gasteiger partial charge in [-0.2, -0.15) is 0 Å². The molecule has 0 amide bonds. The highest BCUT2D eigenvalue weighted by Gasteiger charge is 2.53. The highest BCUT2D eigenvalue weighted by Crippen LogP contribution is 2.41. The molecule has 3 aliphatic rings. The molecule has 0 spiro atoms. The molecule has 0 saturated carbocycles. The molecule has 0 bridgehead atoms. The summed E-state index contributed by atoms with van der Waals surface area (Å²) in [6.07, 6.45) is -7.98. The highest BCUT2D eigenvalue weighted by molar-refractivity contribution is 5.73. The van der Waals surface area contributed by atoms with E-state index in [9.17, 15) is 25.2 Å². The normalized spacial score (nSPS) is 43.7. The van der Waals surface area contributed by atoms with Crippen LogP contribution in [0.15, 0.2) is 18.2 Å². The lowest BCUT2D eigenvalue weighted by molar-refractivity contribution is -0.314. The Morgan fingerprint density at radius 1 is 0.902 bits per heavy atom. The van der Waals surface area contributed by atoms with Gasteiger partial charge in [0.2, 0.25) is 0 Å². The van der Waals surface area contributed by atoms with E-state index in [4.69, 9.17) is 42.6 Å². The summed E-state index contributed by atoms with van der Waals surface area (Å²) in [6.45, 7) is 18.2. The molecule has 3 saturated heterocycles. The molecule has 4 rings (SSSR count). The minimum Gasteiger partial charge on any atom is -0.493 e. The monoisotopic (exact) mass is 871 g/mol. The van der Waals surface area contributed by atoms with Crippen LogP contribution < -0.4 is 19.5 Å². The van der Waals surface area contributed by atoms with Gasteiger partial charge in [-0.25, -0.2) is 0 Å². The van der Waals surface area contributed by atoms with Crippen LogP contribution in [-0.2, 0) is 33.2 Å². The summed E-state index contributed by atoms with van der Waals surface area (Å²) in [5.74, 6) is -1.16. The van der Waals surface area contributed by atoms with Crippen LogP contribution in [0.1, 0.15) is 94.9 Å². The smallest absolute Gasteiger partial charge is 0.311 e. The molecular weight excluding hydrogens is 792 g/mol. The second-order valence-corrected chi connectivity index (χ2v) is 18.6. The fourth-order valence-corrected chi connectivity index (χ4v) is 9.70. The number of hydrogen-bond acceptors (Lipinski definition) is 16. The van der Waals surface area contributed by atoms with Crippen LogP contribution in [-0.4, -0.2) is 164 Å². The molecule has 16 heteroatoms. The Bertz CT molecular complexity index is 1550. The number of nitrogens with one attached hydrogen (secondary N) is 1. The van der Waals surface area contributed by atoms with Gasteiger partial charge in [0, 0.05) is 38.1 Å². The molecule has 352 valence electrons. The Morgan fingerprint density at radius 2 is 1.56 bits per heavy atom. The van der Waals surface area contributed by atoms with Crippen molar-refractivity contribution in [2.24, 2.45) is 17.8 Å². The SMILES string of the molecule is CCC1OC(=O)C(C)C(O[C@H]2C[C@@](C)(OC)[C@@H](O)[C@H](C)O2)C(C)C(O[C@@H]2O[C@H](C)C[C@H](NC)[C@H]2Oc2ccc(OC)c(OC)c2)C(C)(O)CC(C)CN(C)C(C)C(O)C1(C)O. The van der Waals surface area contributed by atoms with E-state index in [0.29, 0.717) is 30.2 Å². The van der Waals surface area contributed by atoms with E-state index in [-0.39, 0.29) is 37.3 Å². The predicted octanol–water partition coefficient (Wildman–Crippen LogP) is 3.66. The summed E-state index contributed by atoms with van der Waals surface area (Å²) in [6, 6.07) is 4.45. The van der Waals surface area contributed by atoms with Crippen molar-refractivity contribution >= 4 is 5.97 Å². The van der Waals surface area contributed by atoms with Gasteiger partial charge >= 0.3 is 5.97 Å². The number of aliphatic hydroxyl groups is 4. The molecule has 3 heterocycles. The fourth-order valence-electron chi connectivity index (χ4n) is 9.70. The zero-order chi connectivity index (χ0) is 45.8. The highest BCUT2D eigenvalue weighted by atomic mass is 16.7. The van der Waals surface area contributed by atoms with Crippen molar-refractivity contribution in [3.8, 4) is 17.2 Å². The van der Waals surface area contributed by atoms with Crippen molar-refractivity contribution in [3.63, 3.8) is 0 Å². The first-order chi connectivity index (χ1) is 28.5. The third kappa shape index (κ3) is 11.7. The van der Waals surface area contributed by atoms with E-state index < -0.39 is 96.0 Å². The lowest BCUT2D eigenvalue weighted by Crippen LogP contribution is -2.61. The minimum atomic E-state index is -1.82. The Kier molecular flexibility index (Phi) is 17.7. The number of nitrogens with zero attached hydrogens (tertiary/aromatic N) is 1. The average molecular weight is 871 g/mol. The van der Waals surface area contributed by atoms with Gasteiger partial charge in [0.05, 0.1) is 61.8 Å². The summed E-state index contributed by atoms with van der Waals surface area (Å²) >= 11 is 0. The molecule has 18 atom stereocenters. The first-order valence-corrected chi connectivity index (χ1v) is 21.9. The molecule has 61 heavy (non-hydrogen) atoms. The minimum absolute atomic E-state index is 0.121. The first-order valence-electron chi connectivity index (χ1n) is 21.9. The molecule has 1 aromatic carbocycles. The van der Waals surface area contributed by atoms with Crippen LogP contribution in [0, 0.1) is 17.8 Å². The van der Waals surface area contributed by atoms with Gasteiger partial charge in [0.15, 0.2) is 30.2 Å². The number of aliphatic hydroxyl groups excluding tert-OH is 2. The van der Waals surface area contributed by atoms with E-state index in [1.54, 1.807) is 67.0 Å². The van der Waals surface area contributed by atoms with Gasteiger partial charge in [-0.15, -0.1) is 0 Å². The van der Waals surface area contributed by atoms with Crippen molar-refractivity contribution in [2.45, 2.75) is 185 Å². The number of benzene rings is 1. The maximum absolute atomic E-state index is 14.5. The molecule has 10 unspecified atom stereocenters. The van der Waals surface area contributed by atoms with Crippen LogP contribution in [0.4, 0.5) is 0 Å². The average Bonchev–Trinajstić information content (AvgIpc) is 3.21. The number of methoxy groups -OCH3 is 3. The summed E-state index contributed by atoms with van der Waals surface area (Å²) in [5.41, 5.74) is -4.45. The molecule has 0 aliphatic carbocycles. The van der Waals surface area contributed by atoms with Crippen LogP contribution in [0.5, 0.6) is 17.2 Å². The molecule has 3 aliphatic heterocycles. The van der Waals surface area contributed by atoms with E-state index >= 15 is 0 Å². The Morgan fingerprint density at radius 3 is 2.15 bits per heavy atom. The predicted molar refractivity (Wildman–Crippen MR) is 228 cm³/mol. The van der Waals surface area contributed by atoms with Crippen molar-refractivity contribution in [3.05, 3.63) is 18.2 Å². The second kappa shape index (κ2) is 21.1. The van der Waals surface area contributed by atoms with Crippen LogP contribution in [0.2, 0.25) is 0 Å². The van der Waals surface area contributed by atoms with E-state index in [1.165, 1.54) is 14.0 Å². The van der Waals surface area contributed by atoms with E-state index in [0.717, 1.165) is 0 Å². The number of carbonyl (C=O) groups is 1. The van der Waals surface area contributed by atoms with E-state index in [1.807, 2.05) is 46.7 Å². The quantitative estimate of drug-likeness (QED) is 0.202. The Hall–Kier alpha value is -2.35. The number of ether oxygens (including phenoxy) is 9. The maximum Gasteiger partial charge on any atom is 0.311 e. The lowest BCUT2D eigenvalue weighted by Gasteiger charge is -2.48. The van der Waals surface area contributed by atoms with Gasteiger partial charge in [0.1, 0.15) is 29.7 Å². The van der Waals surface area contributed by atoms with Crippen molar-refractivity contribution < 1.29 is 67.9 Å². The molecule has 3 fully saturated rings. The number of likely N-dealkylation sites (N-methyl/N-ethyl adjacent to an activating group) is 2. The number of rotatable bonds is 11. The maximum atomic E-state index is 14.5. The molecule has 16 nitrogen and oxygen atoms in total. The van der Waals surface area contributed by atoms with Crippen molar-refractivity contribution in [1.82, 2.24) is 10.2 Å². The summed E-state index contributed by atoms with van der Waals surface area (Å²) < 4.78 is 56.4. The summed E-state index contributed by atoms with van der Waals surface area (Å²) in [5, 5.41) is 50.8. The van der Waals surface area contributed by atoms with Crippen LogP contribution in [0.25, 0.3) is 0 Å². The lowest BCUT2D eigenvalue weighted by atomic mass is 9.77. The standard InChI is InChI=1S/C45H78N2O14/c1-16-34-45(10,52)38(48)28(6)47(12)23-24(2)21-43(8,51)40(26(4)36(27(5)41(50)59-34)60-35-22-44(9,55-15)39(49)29(7)57-35)61-42-37(31(46-11)19-25(3)56-42)58-30-17-18-32(53-13)33(20-30)54-14/h17-18,20,24-29,31,34-40,42,46,48-49,51-52H,16,19,21-23H2,1-15H3/t24?,25-,26?,27?,28?,29+,31+,34?,35+,36?,37-,38?,39+,40?,42+,43?,44-,45?/m1/s1. The summed E-state index contributed by atoms with van der Waals surface area (Å²) in [4.78, 5) is 16.4. The van der Waals surface area contributed by atoms with Gasteiger partial charge < -0.3 is 73.3 Å². The third-order valence-corrected chi connectivity index (χ3v) is 13.5. The van der Waals surface area contributed by atoms with Crippen molar-refractivity contribution in [1.29, 1.82) is 0 Å². The largest absolute Gasteiger partial charge is 0.493 e. The van der Waals surface area contributed by atoms with Crippen molar-refractivity contribution in [2.75, 3.05) is 42.0 Å². The van der Waals surface area contributed by atoms with Gasteiger partial charge in [-0.1, -0.05) is 20.8 Å². The zero-order valence-corrected chi connectivity index (χ0v) is 39.2. The molecule has 1 aromatic rings. The first kappa shape index (κ1) is 51.3. The third-order valence-electron chi connectivity index (χ3n) is 13.5. The Balaban J connectivity index is 1.87. The molecule has 0 radical (unpaired) electrons. The number of cyclic esters (lactones) is 1. The second-order valence-electron chi connectivity index (χ2n) is 18.6. The molecule has 5 N–H and O–H groups in total. The topological polar surface area (TPSA) is 196 Å². The summed E-state index contributed by atoms with van der Waals surface area (Å²) in [7, 11) is 8.32. The van der Waals surface area contributed by atoms with Crippen LogP contribution >= 0.6 is 0 Å². The van der Waals surface area contributed by atoms with Gasteiger partial charge in [-0.05, 0) is 99.9 Å². The number of esters is 1. The van der Waals surface area contributed by atoms with E-state index in [2.05, 4.69) is 5.32 Å². The number of carbonyl (C=O) groups excluding carboxylic acids is 1. The van der Waals surface area contributed by atoms with Crippen LogP contribution in [0.3, 0.4) is 0 Å².